The molecule has 18 heavy (non-hydrogen) atoms. The van der Waals surface area contributed by atoms with Gasteiger partial charge in [0.25, 0.3) is 0 Å². The fraction of sp³-hybridized carbons (Fsp3) is 0.545. The molecule has 7 heteroatoms. The molecule has 0 amide bonds. The molecule has 1 unspecified atom stereocenters. The van der Waals surface area contributed by atoms with E-state index in [1.807, 2.05) is 0 Å². The Morgan fingerprint density at radius 1 is 1.61 bits per heavy atom. The summed E-state index contributed by atoms with van der Waals surface area (Å²) in [6, 6.07) is 2.33. The van der Waals surface area contributed by atoms with Crippen LogP contribution in [0.4, 0.5) is 5.82 Å². The normalized spacial score (nSPS) is 20.6. The third-order valence-corrected chi connectivity index (χ3v) is 3.50. The van der Waals surface area contributed by atoms with Crippen molar-refractivity contribution in [2.45, 2.75) is 18.9 Å². The first-order valence-corrected chi connectivity index (χ1v) is 6.11. The van der Waals surface area contributed by atoms with Gasteiger partial charge in [0.15, 0.2) is 5.65 Å². The molecule has 1 saturated heterocycles. The number of anilines is 1. The van der Waals surface area contributed by atoms with Crippen molar-refractivity contribution in [3.8, 4) is 0 Å². The molecule has 7 nitrogen and oxygen atoms in total. The van der Waals surface area contributed by atoms with Crippen LogP contribution >= 0.6 is 0 Å². The number of likely N-dealkylation sites (N-methyl/N-ethyl adjacent to an activating group) is 1. The number of H-pyrrole nitrogens is 1. The quantitative estimate of drug-likeness (QED) is 0.794. The molecule has 96 valence electrons. The Bertz CT molecular complexity index is 603. The maximum atomic E-state index is 11.3. The lowest BCUT2D eigenvalue weighted by Crippen LogP contribution is -2.31. The predicted molar refractivity (Wildman–Crippen MR) is 67.7 cm³/mol. The molecule has 0 bridgehead atoms. The SMILES string of the molecule is CN1CCCC1CNc1cc2n[nH]c(=O)n2cn1. The first kappa shape index (κ1) is 11.2. The van der Waals surface area contributed by atoms with Crippen molar-refractivity contribution < 1.29 is 0 Å². The van der Waals surface area contributed by atoms with Gasteiger partial charge in [0, 0.05) is 18.7 Å². The van der Waals surface area contributed by atoms with Gasteiger partial charge in [0.1, 0.15) is 12.1 Å². The number of likely N-dealkylation sites (tertiary alicyclic amines) is 1. The van der Waals surface area contributed by atoms with E-state index in [0.717, 1.165) is 18.9 Å². The Labute approximate surface area is 104 Å². The Balaban J connectivity index is 1.72. The number of aromatic amines is 1. The molecular weight excluding hydrogens is 232 g/mol. The highest BCUT2D eigenvalue weighted by molar-refractivity contribution is 5.48. The molecule has 3 rings (SSSR count). The zero-order chi connectivity index (χ0) is 12.5. The van der Waals surface area contributed by atoms with Gasteiger partial charge in [0.05, 0.1) is 0 Å². The molecule has 1 aliphatic heterocycles. The highest BCUT2D eigenvalue weighted by Crippen LogP contribution is 2.15. The third kappa shape index (κ3) is 1.97. The topological polar surface area (TPSA) is 78.3 Å². The third-order valence-electron chi connectivity index (χ3n) is 3.50. The first-order valence-electron chi connectivity index (χ1n) is 6.11. The van der Waals surface area contributed by atoms with E-state index in [2.05, 4.69) is 32.4 Å². The Morgan fingerprint density at radius 2 is 2.50 bits per heavy atom. The second kappa shape index (κ2) is 4.41. The molecule has 0 spiro atoms. The second-order valence-electron chi connectivity index (χ2n) is 4.69. The van der Waals surface area contributed by atoms with E-state index in [-0.39, 0.29) is 5.69 Å². The Morgan fingerprint density at radius 3 is 3.28 bits per heavy atom. The van der Waals surface area contributed by atoms with Gasteiger partial charge in [0.2, 0.25) is 0 Å². The van der Waals surface area contributed by atoms with E-state index in [9.17, 15) is 4.79 Å². The van der Waals surface area contributed by atoms with Crippen LogP contribution in [0.5, 0.6) is 0 Å². The van der Waals surface area contributed by atoms with Crippen molar-refractivity contribution in [1.82, 2.24) is 24.5 Å². The highest BCUT2D eigenvalue weighted by Gasteiger charge is 2.20. The molecule has 1 fully saturated rings. The van der Waals surface area contributed by atoms with Crippen molar-refractivity contribution >= 4 is 11.5 Å². The van der Waals surface area contributed by atoms with Gasteiger partial charge in [-0.2, -0.15) is 5.10 Å². The summed E-state index contributed by atoms with van der Waals surface area (Å²) in [6.07, 6.45) is 3.96. The van der Waals surface area contributed by atoms with Crippen LogP contribution in [0.2, 0.25) is 0 Å². The van der Waals surface area contributed by atoms with E-state index in [1.165, 1.54) is 23.6 Å². The van der Waals surface area contributed by atoms with Crippen molar-refractivity contribution in [3.63, 3.8) is 0 Å². The summed E-state index contributed by atoms with van der Waals surface area (Å²) in [5.74, 6) is 0.752. The molecule has 2 aromatic rings. The largest absolute Gasteiger partial charge is 0.368 e. The molecule has 0 aromatic carbocycles. The lowest BCUT2D eigenvalue weighted by Gasteiger charge is -2.19. The van der Waals surface area contributed by atoms with Crippen molar-refractivity contribution in [1.29, 1.82) is 0 Å². The van der Waals surface area contributed by atoms with Gasteiger partial charge in [-0.25, -0.2) is 19.3 Å². The average Bonchev–Trinajstić information content (AvgIpc) is 2.94. The van der Waals surface area contributed by atoms with Gasteiger partial charge in [-0.05, 0) is 26.4 Å². The standard InChI is InChI=1S/C11H16N6O/c1-16-4-2-3-8(16)6-12-9-5-10-14-15-11(18)17(10)7-13-9/h5,7-8,12H,2-4,6H2,1H3,(H,15,18). The summed E-state index contributed by atoms with van der Waals surface area (Å²) in [5, 5.41) is 9.59. The van der Waals surface area contributed by atoms with Crippen LogP contribution in [0.3, 0.4) is 0 Å². The van der Waals surface area contributed by atoms with Crippen LogP contribution in [0.15, 0.2) is 17.2 Å². The first-order chi connectivity index (χ1) is 8.74. The minimum atomic E-state index is -0.264. The number of rotatable bonds is 3. The zero-order valence-corrected chi connectivity index (χ0v) is 10.3. The van der Waals surface area contributed by atoms with E-state index in [1.54, 1.807) is 6.07 Å². The molecule has 2 N–H and O–H groups in total. The summed E-state index contributed by atoms with van der Waals surface area (Å²) in [4.78, 5) is 17.8. The summed E-state index contributed by atoms with van der Waals surface area (Å²) in [7, 11) is 2.14. The van der Waals surface area contributed by atoms with Crippen LogP contribution < -0.4 is 11.0 Å². The van der Waals surface area contributed by atoms with Crippen LogP contribution in [0.25, 0.3) is 5.65 Å². The van der Waals surface area contributed by atoms with Crippen molar-refractivity contribution in [2.24, 2.45) is 0 Å². The molecule has 0 aliphatic carbocycles. The van der Waals surface area contributed by atoms with Crippen molar-refractivity contribution in [2.75, 3.05) is 25.5 Å². The Hall–Kier alpha value is -1.89. The predicted octanol–water partition coefficient (Wildman–Crippen LogP) is -0.0763. The fourth-order valence-corrected chi connectivity index (χ4v) is 2.37. The van der Waals surface area contributed by atoms with E-state index in [4.69, 9.17) is 0 Å². The number of hydrogen-bond donors (Lipinski definition) is 2. The zero-order valence-electron chi connectivity index (χ0n) is 10.3. The molecule has 2 aromatic heterocycles. The van der Waals surface area contributed by atoms with Gasteiger partial charge < -0.3 is 10.2 Å². The van der Waals surface area contributed by atoms with Crippen LogP contribution in [-0.4, -0.2) is 50.7 Å². The van der Waals surface area contributed by atoms with E-state index < -0.39 is 0 Å². The molecule has 1 aliphatic rings. The maximum Gasteiger partial charge on any atom is 0.348 e. The van der Waals surface area contributed by atoms with Gasteiger partial charge in [-0.1, -0.05) is 0 Å². The van der Waals surface area contributed by atoms with Crippen LogP contribution in [0, 0.1) is 0 Å². The Kier molecular flexibility index (Phi) is 2.75. The van der Waals surface area contributed by atoms with Crippen LogP contribution in [0.1, 0.15) is 12.8 Å². The fourth-order valence-electron chi connectivity index (χ4n) is 2.37. The van der Waals surface area contributed by atoms with Crippen LogP contribution in [-0.2, 0) is 0 Å². The summed E-state index contributed by atoms with van der Waals surface area (Å²) in [6.45, 7) is 2.03. The van der Waals surface area contributed by atoms with Gasteiger partial charge >= 0.3 is 5.69 Å². The minimum Gasteiger partial charge on any atom is -0.368 e. The second-order valence-corrected chi connectivity index (χ2v) is 4.69. The molecule has 3 heterocycles. The summed E-state index contributed by atoms with van der Waals surface area (Å²) in [5.41, 5.74) is 0.317. The van der Waals surface area contributed by atoms with Gasteiger partial charge in [-0.15, -0.1) is 0 Å². The number of nitrogens with one attached hydrogen (secondary N) is 2. The lowest BCUT2D eigenvalue weighted by molar-refractivity contribution is 0.322. The molecule has 1 atom stereocenters. The number of hydrogen-bond acceptors (Lipinski definition) is 5. The van der Waals surface area contributed by atoms with E-state index >= 15 is 0 Å². The smallest absolute Gasteiger partial charge is 0.348 e. The maximum absolute atomic E-state index is 11.3. The number of nitrogens with zero attached hydrogens (tertiary/aromatic N) is 4. The van der Waals surface area contributed by atoms with Gasteiger partial charge in [-0.3, -0.25) is 0 Å². The van der Waals surface area contributed by atoms with E-state index in [0.29, 0.717) is 11.7 Å². The van der Waals surface area contributed by atoms with Crippen molar-refractivity contribution in [3.05, 3.63) is 22.9 Å². The summed E-state index contributed by atoms with van der Waals surface area (Å²) >= 11 is 0. The highest BCUT2D eigenvalue weighted by atomic mass is 16.1. The number of aromatic nitrogens is 4. The minimum absolute atomic E-state index is 0.264. The lowest BCUT2D eigenvalue weighted by atomic mass is 10.2. The molecule has 0 radical (unpaired) electrons. The average molecular weight is 248 g/mol. The monoisotopic (exact) mass is 248 g/mol. The number of fused-ring (bicyclic) bond motifs is 1. The molecular formula is C11H16N6O. The summed E-state index contributed by atoms with van der Waals surface area (Å²) < 4.78 is 1.38. The molecule has 0 saturated carbocycles.